The normalized spacial score (nSPS) is 9.33. The molecule has 8 nitrogen and oxygen atoms in total. The van der Waals surface area contributed by atoms with E-state index in [0.717, 1.165) is 33.6 Å². The maximum atomic E-state index is 11.0. The molecule has 0 aliphatic carbocycles. The molecule has 205 valence electrons. The van der Waals surface area contributed by atoms with E-state index in [2.05, 4.69) is 10.6 Å². The van der Waals surface area contributed by atoms with Crippen molar-refractivity contribution in [1.82, 2.24) is 0 Å². The summed E-state index contributed by atoms with van der Waals surface area (Å²) < 4.78 is 0. The zero-order valence-electron chi connectivity index (χ0n) is 22.1. The SMILES string of the molecule is Cc1cccc(Nc2ccccc2C(=O)[O-])c1C.Cc1cccc(Nc2ccccc2C(=O)[O-])c1C.O.O.[Mn+2]. The molecule has 0 fully saturated rings. The number of benzene rings is 4. The van der Waals surface area contributed by atoms with E-state index in [0.29, 0.717) is 11.4 Å². The van der Waals surface area contributed by atoms with Gasteiger partial charge >= 0.3 is 17.1 Å². The number of carbonyl (C=O) groups excluding carboxylic acids is 2. The summed E-state index contributed by atoms with van der Waals surface area (Å²) >= 11 is 0. The van der Waals surface area contributed by atoms with Crippen LogP contribution in [0.15, 0.2) is 84.9 Å². The van der Waals surface area contributed by atoms with Crippen molar-refractivity contribution in [2.45, 2.75) is 27.7 Å². The predicted molar refractivity (Wildman–Crippen MR) is 147 cm³/mol. The first-order valence-corrected chi connectivity index (χ1v) is 11.5. The van der Waals surface area contributed by atoms with Crippen molar-refractivity contribution in [2.75, 3.05) is 10.6 Å². The number of carboxylic acid groups (broad SMARTS) is 2. The molecule has 0 amide bonds. The Bertz CT molecular complexity index is 1300. The number of hydrogen-bond donors (Lipinski definition) is 2. The molecule has 1 radical (unpaired) electrons. The summed E-state index contributed by atoms with van der Waals surface area (Å²) in [5, 5.41) is 28.3. The van der Waals surface area contributed by atoms with E-state index in [-0.39, 0.29) is 39.1 Å². The Morgan fingerprint density at radius 1 is 0.513 bits per heavy atom. The van der Waals surface area contributed by atoms with Gasteiger partial charge in [0.25, 0.3) is 0 Å². The summed E-state index contributed by atoms with van der Waals surface area (Å²) in [5.74, 6) is -2.35. The van der Waals surface area contributed by atoms with E-state index in [1.807, 2.05) is 64.1 Å². The van der Waals surface area contributed by atoms with E-state index < -0.39 is 11.9 Å². The zero-order chi connectivity index (χ0) is 26.2. The standard InChI is InChI=1S/2C15H15NO2.Mn.2H2O/c2*1-10-6-5-9-13(11(10)2)16-14-8-4-3-7-12(14)15(17)18;;;/h2*3-9,16H,1-2H3,(H,17,18);;2*1H2/q;;+2;;/p-2. The quantitative estimate of drug-likeness (QED) is 0.337. The summed E-state index contributed by atoms with van der Waals surface area (Å²) in [6.07, 6.45) is 0. The summed E-state index contributed by atoms with van der Waals surface area (Å²) in [6.45, 7) is 8.04. The second-order valence-corrected chi connectivity index (χ2v) is 8.41. The monoisotopic (exact) mass is 571 g/mol. The van der Waals surface area contributed by atoms with Gasteiger partial charge in [0.05, 0.1) is 11.9 Å². The molecule has 0 spiro atoms. The molecule has 0 bridgehead atoms. The molecule has 0 heterocycles. The maximum Gasteiger partial charge on any atom is 2.00 e. The molecule has 4 aromatic carbocycles. The Hall–Kier alpha value is -4.14. The molecule has 0 aliphatic heterocycles. The molecule has 4 rings (SSSR count). The van der Waals surface area contributed by atoms with Crippen LogP contribution in [0.4, 0.5) is 22.7 Å². The molecular formula is C30H32MnN2O6. The first-order chi connectivity index (χ1) is 17.2. The van der Waals surface area contributed by atoms with Gasteiger partial charge in [-0.3, -0.25) is 0 Å². The van der Waals surface area contributed by atoms with Crippen molar-refractivity contribution < 1.29 is 47.8 Å². The summed E-state index contributed by atoms with van der Waals surface area (Å²) in [5.41, 5.74) is 7.76. The molecule has 4 aromatic rings. The van der Waals surface area contributed by atoms with Gasteiger partial charge in [-0.05, 0) is 74.2 Å². The van der Waals surface area contributed by atoms with Gasteiger partial charge in [0.15, 0.2) is 0 Å². The van der Waals surface area contributed by atoms with Crippen molar-refractivity contribution in [1.29, 1.82) is 0 Å². The van der Waals surface area contributed by atoms with Crippen LogP contribution in [-0.2, 0) is 17.1 Å². The average molecular weight is 572 g/mol. The first kappa shape index (κ1) is 34.9. The molecular weight excluding hydrogens is 539 g/mol. The topological polar surface area (TPSA) is 167 Å². The van der Waals surface area contributed by atoms with Gasteiger partial charge in [-0.1, -0.05) is 60.7 Å². The van der Waals surface area contributed by atoms with Crippen LogP contribution in [0.1, 0.15) is 43.0 Å². The number of carbonyl (C=O) groups is 2. The Morgan fingerprint density at radius 3 is 1.15 bits per heavy atom. The van der Waals surface area contributed by atoms with Crippen LogP contribution in [0.25, 0.3) is 0 Å². The molecule has 0 unspecified atom stereocenters. The molecule has 39 heavy (non-hydrogen) atoms. The molecule has 0 atom stereocenters. The number of carboxylic acids is 2. The van der Waals surface area contributed by atoms with Gasteiger partial charge in [0.2, 0.25) is 0 Å². The summed E-state index contributed by atoms with van der Waals surface area (Å²) in [7, 11) is 0. The van der Waals surface area contributed by atoms with Crippen molar-refractivity contribution in [3.05, 3.63) is 118 Å². The van der Waals surface area contributed by atoms with Crippen LogP contribution in [0.3, 0.4) is 0 Å². The van der Waals surface area contributed by atoms with Crippen LogP contribution < -0.4 is 20.8 Å². The van der Waals surface area contributed by atoms with Crippen LogP contribution >= 0.6 is 0 Å². The van der Waals surface area contributed by atoms with E-state index in [1.54, 1.807) is 36.4 Å². The van der Waals surface area contributed by atoms with Gasteiger partial charge in [-0.25, -0.2) is 0 Å². The number of para-hydroxylation sites is 2. The molecule has 0 aliphatic rings. The fourth-order valence-corrected chi connectivity index (χ4v) is 3.60. The van der Waals surface area contributed by atoms with Gasteiger partial charge in [-0.15, -0.1) is 0 Å². The van der Waals surface area contributed by atoms with Crippen molar-refractivity contribution >= 4 is 34.7 Å². The van der Waals surface area contributed by atoms with Crippen LogP contribution in [0, 0.1) is 27.7 Å². The van der Waals surface area contributed by atoms with Gasteiger partial charge in [-0.2, -0.15) is 0 Å². The van der Waals surface area contributed by atoms with Crippen molar-refractivity contribution in [3.8, 4) is 0 Å². The predicted octanol–water partition coefficient (Wildman–Crippen LogP) is 3.17. The first-order valence-electron chi connectivity index (χ1n) is 11.5. The fraction of sp³-hybridized carbons (Fsp3) is 0.133. The molecule has 6 N–H and O–H groups in total. The summed E-state index contributed by atoms with van der Waals surface area (Å²) in [4.78, 5) is 22.0. The Morgan fingerprint density at radius 2 is 0.821 bits per heavy atom. The Kier molecular flexibility index (Phi) is 14.3. The number of aryl methyl sites for hydroxylation is 2. The van der Waals surface area contributed by atoms with E-state index in [9.17, 15) is 19.8 Å². The van der Waals surface area contributed by atoms with Crippen molar-refractivity contribution in [3.63, 3.8) is 0 Å². The number of nitrogens with one attached hydrogen (secondary N) is 2. The van der Waals surface area contributed by atoms with Crippen molar-refractivity contribution in [2.24, 2.45) is 0 Å². The van der Waals surface area contributed by atoms with E-state index in [1.165, 1.54) is 12.1 Å². The average Bonchev–Trinajstić information content (AvgIpc) is 2.86. The van der Waals surface area contributed by atoms with Crippen LogP contribution in [-0.4, -0.2) is 22.9 Å². The number of rotatable bonds is 6. The third-order valence-electron chi connectivity index (χ3n) is 6.04. The number of anilines is 4. The van der Waals surface area contributed by atoms with Gasteiger partial charge < -0.3 is 41.4 Å². The minimum absolute atomic E-state index is 0. The van der Waals surface area contributed by atoms with Gasteiger partial charge in [0.1, 0.15) is 0 Å². The minimum atomic E-state index is -1.18. The zero-order valence-corrected chi connectivity index (χ0v) is 23.3. The smallest absolute Gasteiger partial charge is 0.545 e. The van der Waals surface area contributed by atoms with Gasteiger partial charge in [0, 0.05) is 33.9 Å². The molecule has 0 saturated carbocycles. The molecule has 0 saturated heterocycles. The third-order valence-corrected chi connectivity index (χ3v) is 6.04. The van der Waals surface area contributed by atoms with E-state index >= 15 is 0 Å². The summed E-state index contributed by atoms with van der Waals surface area (Å²) in [6, 6.07) is 25.2. The number of aromatic carboxylic acids is 2. The molecule has 9 heteroatoms. The number of hydrogen-bond acceptors (Lipinski definition) is 6. The Labute approximate surface area is 238 Å². The molecule has 0 aromatic heterocycles. The Balaban J connectivity index is 0.000000688. The largest absolute Gasteiger partial charge is 2.00 e. The minimum Gasteiger partial charge on any atom is -0.545 e. The van der Waals surface area contributed by atoms with Crippen LogP contribution in [0.5, 0.6) is 0 Å². The maximum absolute atomic E-state index is 11.0. The van der Waals surface area contributed by atoms with Crippen LogP contribution in [0.2, 0.25) is 0 Å². The second kappa shape index (κ2) is 16.0. The van der Waals surface area contributed by atoms with E-state index in [4.69, 9.17) is 0 Å². The second-order valence-electron chi connectivity index (χ2n) is 8.41. The third kappa shape index (κ3) is 8.98. The fourth-order valence-electron chi connectivity index (χ4n) is 3.60.